The molecule has 2 aromatic rings. The van der Waals surface area contributed by atoms with E-state index in [1.165, 1.54) is 0 Å². The van der Waals surface area contributed by atoms with E-state index < -0.39 is 0 Å². The van der Waals surface area contributed by atoms with E-state index in [2.05, 4.69) is 4.98 Å². The van der Waals surface area contributed by atoms with Crippen molar-refractivity contribution in [3.63, 3.8) is 0 Å². The highest BCUT2D eigenvalue weighted by Gasteiger charge is 2.31. The van der Waals surface area contributed by atoms with Crippen molar-refractivity contribution in [3.8, 4) is 0 Å². The van der Waals surface area contributed by atoms with Crippen LogP contribution in [0, 0.1) is 6.92 Å². The fourth-order valence-corrected chi connectivity index (χ4v) is 3.90. The predicted octanol–water partition coefficient (Wildman–Crippen LogP) is 3.68. The van der Waals surface area contributed by atoms with Crippen LogP contribution in [-0.2, 0) is 13.0 Å². The average Bonchev–Trinajstić information content (AvgIpc) is 3.09. The van der Waals surface area contributed by atoms with Gasteiger partial charge < -0.3 is 14.4 Å². The number of amides is 2. The number of benzene rings is 1. The molecule has 1 aromatic heterocycles. The maximum Gasteiger partial charge on any atom is 0.294 e. The molecule has 0 spiro atoms. The van der Waals surface area contributed by atoms with Crippen LogP contribution in [0.4, 0.5) is 5.69 Å². The van der Waals surface area contributed by atoms with Crippen molar-refractivity contribution in [2.45, 2.75) is 53.5 Å². The third kappa shape index (κ3) is 3.68. The number of aromatic nitrogens is 2. The molecule has 150 valence electrons. The van der Waals surface area contributed by atoms with E-state index in [4.69, 9.17) is 0 Å². The van der Waals surface area contributed by atoms with Gasteiger partial charge in [0.05, 0.1) is 5.69 Å². The fourth-order valence-electron chi connectivity index (χ4n) is 3.90. The summed E-state index contributed by atoms with van der Waals surface area (Å²) in [6, 6.07) is 7.91. The van der Waals surface area contributed by atoms with Crippen LogP contribution in [0.15, 0.2) is 24.3 Å². The lowest BCUT2D eigenvalue weighted by atomic mass is 10.1. The monoisotopic (exact) mass is 382 g/mol. The third-order valence-electron chi connectivity index (χ3n) is 5.44. The first-order valence-electron chi connectivity index (χ1n) is 10.3. The molecular formula is C22H30N4O2. The van der Waals surface area contributed by atoms with Gasteiger partial charge in [-0.05, 0) is 64.7 Å². The van der Waals surface area contributed by atoms with E-state index in [1.807, 2.05) is 56.5 Å². The molecule has 0 aliphatic carbocycles. The first-order chi connectivity index (χ1) is 13.5. The summed E-state index contributed by atoms with van der Waals surface area (Å²) in [4.78, 5) is 34.5. The number of carbonyl (C=O) groups is 2. The van der Waals surface area contributed by atoms with Crippen LogP contribution in [0.2, 0.25) is 0 Å². The van der Waals surface area contributed by atoms with Crippen molar-refractivity contribution >= 4 is 17.5 Å². The Morgan fingerprint density at radius 2 is 1.82 bits per heavy atom. The van der Waals surface area contributed by atoms with Crippen LogP contribution in [0.25, 0.3) is 0 Å². The molecule has 28 heavy (non-hydrogen) atoms. The Hall–Kier alpha value is -2.63. The van der Waals surface area contributed by atoms with E-state index in [1.54, 1.807) is 9.80 Å². The van der Waals surface area contributed by atoms with Gasteiger partial charge in [0.2, 0.25) is 5.82 Å². The minimum atomic E-state index is -0.144. The minimum Gasteiger partial charge on any atom is -0.338 e. The van der Waals surface area contributed by atoms with Gasteiger partial charge in [0.1, 0.15) is 5.69 Å². The molecule has 3 rings (SSSR count). The lowest BCUT2D eigenvalue weighted by Gasteiger charge is -2.23. The van der Waals surface area contributed by atoms with Crippen LogP contribution in [0.1, 0.15) is 66.0 Å². The van der Waals surface area contributed by atoms with E-state index >= 15 is 0 Å². The maximum absolute atomic E-state index is 13.4. The quantitative estimate of drug-likeness (QED) is 0.766. The Kier molecular flexibility index (Phi) is 6.17. The van der Waals surface area contributed by atoms with E-state index in [0.29, 0.717) is 31.2 Å². The van der Waals surface area contributed by atoms with Gasteiger partial charge in [-0.25, -0.2) is 4.98 Å². The summed E-state index contributed by atoms with van der Waals surface area (Å²) in [5, 5.41) is 0. The van der Waals surface area contributed by atoms with E-state index in [0.717, 1.165) is 42.8 Å². The molecule has 1 aromatic carbocycles. The zero-order valence-electron chi connectivity index (χ0n) is 17.4. The lowest BCUT2D eigenvalue weighted by molar-refractivity contribution is 0.0766. The SMILES string of the molecule is CCN(CC)C(=O)c1nc(C(=O)N(CC)c2cccc(C)c2)n2c1CCCC2. The van der Waals surface area contributed by atoms with Gasteiger partial charge in [0.25, 0.3) is 11.8 Å². The summed E-state index contributed by atoms with van der Waals surface area (Å²) in [6.45, 7) is 10.5. The molecule has 1 aliphatic rings. The zero-order valence-corrected chi connectivity index (χ0v) is 17.4. The smallest absolute Gasteiger partial charge is 0.294 e. The van der Waals surface area contributed by atoms with Crippen LogP contribution < -0.4 is 4.90 Å². The molecule has 0 bridgehead atoms. The number of carbonyl (C=O) groups excluding carboxylic acids is 2. The van der Waals surface area contributed by atoms with Gasteiger partial charge in [0.15, 0.2) is 0 Å². The van der Waals surface area contributed by atoms with Crippen LogP contribution >= 0.6 is 0 Å². The maximum atomic E-state index is 13.4. The highest BCUT2D eigenvalue weighted by atomic mass is 16.2. The summed E-state index contributed by atoms with van der Waals surface area (Å²) < 4.78 is 1.97. The average molecular weight is 383 g/mol. The standard InChI is InChI=1S/C22H30N4O2/c1-5-24(6-2)21(27)19-18-13-8-9-14-26(18)20(23-19)22(28)25(7-3)17-12-10-11-16(4)15-17/h10-12,15H,5-9,13-14H2,1-4H3. The first-order valence-corrected chi connectivity index (χ1v) is 10.3. The summed E-state index contributed by atoms with van der Waals surface area (Å²) in [6.07, 6.45) is 2.81. The Balaban J connectivity index is 2.03. The second-order valence-corrected chi connectivity index (χ2v) is 7.21. The zero-order chi connectivity index (χ0) is 20.3. The Bertz CT molecular complexity index is 867. The third-order valence-corrected chi connectivity index (χ3v) is 5.44. The Labute approximate surface area is 167 Å². The van der Waals surface area contributed by atoms with Gasteiger partial charge in [0, 0.05) is 31.9 Å². The molecule has 0 atom stereocenters. The Morgan fingerprint density at radius 3 is 2.46 bits per heavy atom. The number of rotatable bonds is 6. The topological polar surface area (TPSA) is 58.4 Å². The molecule has 2 heterocycles. The van der Waals surface area contributed by atoms with E-state index in [9.17, 15) is 9.59 Å². The molecule has 2 amide bonds. The fraction of sp³-hybridized carbons (Fsp3) is 0.500. The second-order valence-electron chi connectivity index (χ2n) is 7.21. The molecule has 0 saturated carbocycles. The number of aryl methyl sites for hydroxylation is 1. The summed E-state index contributed by atoms with van der Waals surface area (Å²) in [5.41, 5.74) is 3.32. The number of nitrogens with zero attached hydrogens (tertiary/aromatic N) is 4. The van der Waals surface area contributed by atoms with Crippen molar-refractivity contribution in [1.82, 2.24) is 14.5 Å². The number of anilines is 1. The molecule has 6 nitrogen and oxygen atoms in total. The van der Waals surface area contributed by atoms with Crippen molar-refractivity contribution in [2.75, 3.05) is 24.5 Å². The normalized spacial score (nSPS) is 13.1. The van der Waals surface area contributed by atoms with E-state index in [-0.39, 0.29) is 11.8 Å². The van der Waals surface area contributed by atoms with Gasteiger partial charge in [-0.15, -0.1) is 0 Å². The van der Waals surface area contributed by atoms with Crippen molar-refractivity contribution in [2.24, 2.45) is 0 Å². The van der Waals surface area contributed by atoms with Crippen molar-refractivity contribution < 1.29 is 9.59 Å². The number of hydrogen-bond acceptors (Lipinski definition) is 3. The Morgan fingerprint density at radius 1 is 1.07 bits per heavy atom. The summed E-state index contributed by atoms with van der Waals surface area (Å²) in [7, 11) is 0. The highest BCUT2D eigenvalue weighted by molar-refractivity contribution is 6.05. The van der Waals surface area contributed by atoms with Gasteiger partial charge in [-0.3, -0.25) is 9.59 Å². The van der Waals surface area contributed by atoms with Crippen molar-refractivity contribution in [1.29, 1.82) is 0 Å². The van der Waals surface area contributed by atoms with Crippen LogP contribution in [0.3, 0.4) is 0 Å². The van der Waals surface area contributed by atoms with Crippen molar-refractivity contribution in [3.05, 3.63) is 47.0 Å². The van der Waals surface area contributed by atoms with Crippen LogP contribution in [-0.4, -0.2) is 45.9 Å². The second kappa shape index (κ2) is 8.59. The number of imidazole rings is 1. The summed E-state index contributed by atoms with van der Waals surface area (Å²) >= 11 is 0. The van der Waals surface area contributed by atoms with Gasteiger partial charge in [-0.2, -0.15) is 0 Å². The molecule has 0 saturated heterocycles. The lowest BCUT2D eigenvalue weighted by Crippen LogP contribution is -2.33. The number of hydrogen-bond donors (Lipinski definition) is 0. The molecule has 0 radical (unpaired) electrons. The molecule has 1 aliphatic heterocycles. The summed E-state index contributed by atoms with van der Waals surface area (Å²) in [5.74, 6) is 0.164. The molecule has 0 fully saturated rings. The van der Waals surface area contributed by atoms with Gasteiger partial charge >= 0.3 is 0 Å². The predicted molar refractivity (Wildman–Crippen MR) is 111 cm³/mol. The molecular weight excluding hydrogens is 352 g/mol. The largest absolute Gasteiger partial charge is 0.338 e. The number of fused-ring (bicyclic) bond motifs is 1. The highest BCUT2D eigenvalue weighted by Crippen LogP contribution is 2.25. The van der Waals surface area contributed by atoms with Gasteiger partial charge in [-0.1, -0.05) is 12.1 Å². The molecule has 6 heteroatoms. The molecule has 0 unspecified atom stereocenters. The molecule has 0 N–H and O–H groups in total. The van der Waals surface area contributed by atoms with Crippen LogP contribution in [0.5, 0.6) is 0 Å². The first kappa shape index (κ1) is 20.1. The minimum absolute atomic E-state index is 0.0756.